The van der Waals surface area contributed by atoms with Crippen molar-refractivity contribution in [3.8, 4) is 0 Å². The van der Waals surface area contributed by atoms with Crippen LogP contribution in [-0.4, -0.2) is 0 Å². The standard InChI is InChI=1S/C12H13.Fe/c1-2-10-8-5-9-12(10)11-6-3-4-7-11;/h3-4,6,8H,2,5,7H2,1H3;/q-1;. The minimum atomic E-state index is 0. The zero-order valence-electron chi connectivity index (χ0n) is 7.78. The monoisotopic (exact) mass is 213 g/mol. The summed E-state index contributed by atoms with van der Waals surface area (Å²) in [6.07, 6.45) is 15.5. The smallest absolute Gasteiger partial charge is 0 e. The molecule has 0 saturated carbocycles. The molecule has 2 aliphatic rings. The molecular formula is C12H13Fe-. The average molecular weight is 213 g/mol. The molecule has 0 radical (unpaired) electrons. The molecule has 0 unspecified atom stereocenters. The number of rotatable bonds is 2. The molecule has 0 aromatic heterocycles. The van der Waals surface area contributed by atoms with Gasteiger partial charge in [-0.2, -0.15) is 17.2 Å². The number of hydrogen-bond acceptors (Lipinski definition) is 0. The van der Waals surface area contributed by atoms with Crippen molar-refractivity contribution >= 4 is 0 Å². The van der Waals surface area contributed by atoms with E-state index in [2.05, 4.69) is 37.3 Å². The zero-order valence-corrected chi connectivity index (χ0v) is 8.89. The first-order chi connectivity index (χ1) is 5.92. The molecule has 0 bridgehead atoms. The van der Waals surface area contributed by atoms with E-state index in [0.717, 1.165) is 19.3 Å². The van der Waals surface area contributed by atoms with Gasteiger partial charge in [0.05, 0.1) is 0 Å². The molecule has 0 amide bonds. The van der Waals surface area contributed by atoms with Gasteiger partial charge >= 0.3 is 0 Å². The molecule has 1 heteroatoms. The Labute approximate surface area is 90.6 Å². The van der Waals surface area contributed by atoms with E-state index in [1.54, 1.807) is 0 Å². The summed E-state index contributed by atoms with van der Waals surface area (Å²) in [5.41, 5.74) is 4.30. The van der Waals surface area contributed by atoms with E-state index in [4.69, 9.17) is 0 Å². The van der Waals surface area contributed by atoms with Gasteiger partial charge in [0.25, 0.3) is 0 Å². The molecule has 0 aromatic rings. The Morgan fingerprint density at radius 3 is 2.92 bits per heavy atom. The fourth-order valence-corrected chi connectivity index (χ4v) is 1.77. The first-order valence-electron chi connectivity index (χ1n) is 4.58. The first kappa shape index (κ1) is 10.6. The molecule has 2 rings (SSSR count). The van der Waals surface area contributed by atoms with Gasteiger partial charge in [-0.3, -0.25) is 0 Å². The maximum Gasteiger partial charge on any atom is 0 e. The fourth-order valence-electron chi connectivity index (χ4n) is 1.77. The van der Waals surface area contributed by atoms with Gasteiger partial charge in [0.1, 0.15) is 0 Å². The van der Waals surface area contributed by atoms with E-state index in [9.17, 15) is 0 Å². The summed E-state index contributed by atoms with van der Waals surface area (Å²) >= 11 is 0. The second-order valence-corrected chi connectivity index (χ2v) is 3.16. The first-order valence-corrected chi connectivity index (χ1v) is 4.58. The molecule has 0 aliphatic heterocycles. The Bertz CT molecular complexity index is 303. The van der Waals surface area contributed by atoms with Crippen LogP contribution in [0, 0.1) is 6.08 Å². The van der Waals surface area contributed by atoms with Crippen molar-refractivity contribution in [2.45, 2.75) is 26.2 Å². The van der Waals surface area contributed by atoms with E-state index in [0.29, 0.717) is 0 Å². The molecule has 0 nitrogen and oxygen atoms in total. The van der Waals surface area contributed by atoms with Gasteiger partial charge in [0, 0.05) is 17.1 Å². The Hall–Kier alpha value is -0.521. The van der Waals surface area contributed by atoms with Crippen LogP contribution in [0.4, 0.5) is 0 Å². The van der Waals surface area contributed by atoms with E-state index >= 15 is 0 Å². The third-order valence-corrected chi connectivity index (χ3v) is 2.42. The van der Waals surface area contributed by atoms with Crippen molar-refractivity contribution in [1.29, 1.82) is 0 Å². The summed E-state index contributed by atoms with van der Waals surface area (Å²) < 4.78 is 0. The van der Waals surface area contributed by atoms with Crippen LogP contribution in [0.25, 0.3) is 0 Å². The van der Waals surface area contributed by atoms with Crippen molar-refractivity contribution in [3.63, 3.8) is 0 Å². The predicted molar refractivity (Wildman–Crippen MR) is 51.6 cm³/mol. The van der Waals surface area contributed by atoms with Gasteiger partial charge in [-0.1, -0.05) is 38.3 Å². The molecule has 0 aromatic carbocycles. The molecule has 70 valence electrons. The minimum absolute atomic E-state index is 0. The van der Waals surface area contributed by atoms with Gasteiger partial charge in [0.2, 0.25) is 0 Å². The molecule has 0 atom stereocenters. The van der Waals surface area contributed by atoms with Crippen molar-refractivity contribution in [3.05, 3.63) is 47.1 Å². The Morgan fingerprint density at radius 1 is 1.46 bits per heavy atom. The van der Waals surface area contributed by atoms with Crippen molar-refractivity contribution in [2.24, 2.45) is 0 Å². The van der Waals surface area contributed by atoms with Gasteiger partial charge in [-0.15, -0.1) is 17.7 Å². The summed E-state index contributed by atoms with van der Waals surface area (Å²) in [6, 6.07) is 0. The Balaban J connectivity index is 0.000000845. The maximum absolute atomic E-state index is 3.42. The van der Waals surface area contributed by atoms with Crippen LogP contribution in [-0.2, 0) is 17.1 Å². The van der Waals surface area contributed by atoms with Crippen LogP contribution in [0.5, 0.6) is 0 Å². The summed E-state index contributed by atoms with van der Waals surface area (Å²) in [4.78, 5) is 0. The number of allylic oxidation sites excluding steroid dienone is 8. The van der Waals surface area contributed by atoms with Crippen LogP contribution < -0.4 is 0 Å². The van der Waals surface area contributed by atoms with Gasteiger partial charge in [-0.25, -0.2) is 0 Å². The molecule has 0 spiro atoms. The third kappa shape index (κ3) is 2.04. The molecule has 0 saturated heterocycles. The summed E-state index contributed by atoms with van der Waals surface area (Å²) in [5.74, 6) is 0. The molecule has 0 heterocycles. The quantitative estimate of drug-likeness (QED) is 0.487. The maximum atomic E-state index is 3.42. The minimum Gasteiger partial charge on any atom is -0.197 e. The normalized spacial score (nSPS) is 19.3. The van der Waals surface area contributed by atoms with Gasteiger partial charge in [-0.05, 0) is 0 Å². The van der Waals surface area contributed by atoms with Crippen LogP contribution in [0.1, 0.15) is 26.2 Å². The molecular weight excluding hydrogens is 200 g/mol. The summed E-state index contributed by atoms with van der Waals surface area (Å²) in [6.45, 7) is 2.21. The molecule has 13 heavy (non-hydrogen) atoms. The number of hydrogen-bond donors (Lipinski definition) is 0. The van der Waals surface area contributed by atoms with E-state index in [1.807, 2.05) is 0 Å². The third-order valence-electron chi connectivity index (χ3n) is 2.42. The largest absolute Gasteiger partial charge is 0.197 e. The van der Waals surface area contributed by atoms with E-state index < -0.39 is 0 Å². The Kier molecular flexibility index (Phi) is 3.77. The second-order valence-electron chi connectivity index (χ2n) is 3.16. The predicted octanol–water partition coefficient (Wildman–Crippen LogP) is 3.34. The summed E-state index contributed by atoms with van der Waals surface area (Å²) in [7, 11) is 0. The second kappa shape index (κ2) is 4.64. The van der Waals surface area contributed by atoms with Crippen molar-refractivity contribution < 1.29 is 17.1 Å². The van der Waals surface area contributed by atoms with E-state index in [1.165, 1.54) is 16.7 Å². The van der Waals surface area contributed by atoms with Gasteiger partial charge in [0.15, 0.2) is 0 Å². The Morgan fingerprint density at radius 2 is 2.31 bits per heavy atom. The van der Waals surface area contributed by atoms with Crippen molar-refractivity contribution in [2.75, 3.05) is 0 Å². The molecule has 0 N–H and O–H groups in total. The van der Waals surface area contributed by atoms with Crippen molar-refractivity contribution in [1.82, 2.24) is 0 Å². The van der Waals surface area contributed by atoms with Crippen LogP contribution in [0.3, 0.4) is 0 Å². The van der Waals surface area contributed by atoms with Crippen LogP contribution in [0.15, 0.2) is 41.0 Å². The average Bonchev–Trinajstić information content (AvgIpc) is 2.74. The molecule has 2 aliphatic carbocycles. The van der Waals surface area contributed by atoms with Crippen LogP contribution in [0.2, 0.25) is 0 Å². The van der Waals surface area contributed by atoms with Crippen LogP contribution >= 0.6 is 0 Å². The fraction of sp³-hybridized carbons (Fsp3) is 0.333. The van der Waals surface area contributed by atoms with Gasteiger partial charge < -0.3 is 0 Å². The van der Waals surface area contributed by atoms with E-state index in [-0.39, 0.29) is 17.1 Å². The summed E-state index contributed by atoms with van der Waals surface area (Å²) in [5, 5.41) is 0. The topological polar surface area (TPSA) is 0 Å². The zero-order chi connectivity index (χ0) is 8.39. The molecule has 0 fully saturated rings. The SMILES string of the molecule is CCC1=CC[C-]=C1C1=CC=CC1.[Fe].